The second-order valence-electron chi connectivity index (χ2n) is 4.32. The summed E-state index contributed by atoms with van der Waals surface area (Å²) in [4.78, 5) is 4.04. The summed E-state index contributed by atoms with van der Waals surface area (Å²) in [5, 5.41) is 12.3. The molecule has 17 heavy (non-hydrogen) atoms. The fraction of sp³-hybridized carbons (Fsp3) is 0.615. The van der Waals surface area contributed by atoms with Gasteiger partial charge in [-0.05, 0) is 37.9 Å². The lowest BCUT2D eigenvalue weighted by Crippen LogP contribution is -2.26. The monoisotopic (exact) mass is 240 g/mol. The fourth-order valence-electron chi connectivity index (χ4n) is 1.72. The first-order valence-electron chi connectivity index (χ1n) is 6.13. The average Bonchev–Trinajstić information content (AvgIpc) is 2.35. The molecule has 0 aliphatic heterocycles. The molecule has 0 aliphatic rings. The van der Waals surface area contributed by atoms with Crippen LogP contribution in [0.2, 0.25) is 0 Å². The summed E-state index contributed by atoms with van der Waals surface area (Å²) in [6, 6.07) is 3.22. The third-order valence-corrected chi connectivity index (χ3v) is 3.02. The summed E-state index contributed by atoms with van der Waals surface area (Å²) in [6.07, 6.45) is 3.09. The van der Waals surface area contributed by atoms with Crippen LogP contribution in [0.4, 0.5) is 4.39 Å². The average molecular weight is 240 g/mol. The minimum absolute atomic E-state index is 0.100. The third kappa shape index (κ3) is 4.79. The Morgan fingerprint density at radius 2 is 2.24 bits per heavy atom. The lowest BCUT2D eigenvalue weighted by molar-refractivity contribution is 0.249. The van der Waals surface area contributed by atoms with E-state index in [0.717, 1.165) is 25.1 Å². The number of hydrogen-bond donors (Lipinski definition) is 2. The molecule has 1 aromatic rings. The van der Waals surface area contributed by atoms with E-state index in [0.29, 0.717) is 5.92 Å². The van der Waals surface area contributed by atoms with E-state index >= 15 is 0 Å². The van der Waals surface area contributed by atoms with Crippen LogP contribution in [0, 0.1) is 11.7 Å². The van der Waals surface area contributed by atoms with E-state index in [9.17, 15) is 4.39 Å². The van der Waals surface area contributed by atoms with Gasteiger partial charge in [0.2, 0.25) is 0 Å². The van der Waals surface area contributed by atoms with E-state index in [2.05, 4.69) is 17.2 Å². The molecule has 0 saturated carbocycles. The van der Waals surface area contributed by atoms with E-state index in [-0.39, 0.29) is 18.5 Å². The number of hydrogen-bond acceptors (Lipinski definition) is 3. The molecule has 0 saturated heterocycles. The second kappa shape index (κ2) is 7.35. The number of halogens is 1. The van der Waals surface area contributed by atoms with Crippen LogP contribution >= 0.6 is 0 Å². The van der Waals surface area contributed by atoms with Gasteiger partial charge in [-0.15, -0.1) is 0 Å². The molecule has 0 bridgehead atoms. The van der Waals surface area contributed by atoms with Crippen LogP contribution in [-0.4, -0.2) is 23.2 Å². The maximum absolute atomic E-state index is 12.7. The Morgan fingerprint density at radius 3 is 2.76 bits per heavy atom. The molecule has 0 spiro atoms. The number of aliphatic hydroxyl groups is 1. The predicted molar refractivity (Wildman–Crippen MR) is 66.1 cm³/mol. The number of pyridine rings is 1. The summed E-state index contributed by atoms with van der Waals surface area (Å²) < 4.78 is 12.7. The van der Waals surface area contributed by atoms with Gasteiger partial charge in [-0.2, -0.15) is 0 Å². The first-order valence-corrected chi connectivity index (χ1v) is 6.13. The summed E-state index contributed by atoms with van der Waals surface area (Å²) >= 11 is 0. The van der Waals surface area contributed by atoms with Crippen LogP contribution in [0.3, 0.4) is 0 Å². The van der Waals surface area contributed by atoms with Gasteiger partial charge in [-0.1, -0.05) is 13.3 Å². The number of nitrogens with zero attached hydrogens (tertiary/aromatic N) is 1. The Balaban J connectivity index is 2.43. The summed E-state index contributed by atoms with van der Waals surface area (Å²) in [6.45, 7) is 5.19. The lowest BCUT2D eigenvalue weighted by Gasteiger charge is -2.18. The molecule has 1 aromatic heterocycles. The van der Waals surface area contributed by atoms with Gasteiger partial charge in [0.05, 0.1) is 11.9 Å². The standard InChI is InChI=1S/C13H21FN2O/c1-3-11(6-7-17)8-15-10(2)13-5-4-12(14)9-16-13/h4-5,9-11,15,17H,3,6-8H2,1-2H3. The summed E-state index contributed by atoms with van der Waals surface area (Å²) in [7, 11) is 0. The predicted octanol–water partition coefficient (Wildman–Crippen LogP) is 2.28. The molecule has 4 heteroatoms. The zero-order chi connectivity index (χ0) is 12.7. The highest BCUT2D eigenvalue weighted by Gasteiger charge is 2.10. The normalized spacial score (nSPS) is 14.6. The molecule has 0 aliphatic carbocycles. The highest BCUT2D eigenvalue weighted by molar-refractivity contribution is 5.08. The molecule has 3 nitrogen and oxygen atoms in total. The Kier molecular flexibility index (Phi) is 6.08. The molecule has 1 rings (SSSR count). The Morgan fingerprint density at radius 1 is 1.47 bits per heavy atom. The van der Waals surface area contributed by atoms with Crippen molar-refractivity contribution in [1.29, 1.82) is 0 Å². The zero-order valence-corrected chi connectivity index (χ0v) is 10.5. The van der Waals surface area contributed by atoms with E-state index in [1.807, 2.05) is 6.92 Å². The van der Waals surface area contributed by atoms with Crippen molar-refractivity contribution in [2.75, 3.05) is 13.2 Å². The highest BCUT2D eigenvalue weighted by Crippen LogP contribution is 2.12. The molecule has 1 heterocycles. The molecule has 0 fully saturated rings. The Labute approximate surface area is 102 Å². The lowest BCUT2D eigenvalue weighted by atomic mass is 10.0. The number of nitrogens with one attached hydrogen (secondary N) is 1. The Hall–Kier alpha value is -1.00. The molecule has 0 aromatic carbocycles. The van der Waals surface area contributed by atoms with Crippen molar-refractivity contribution in [3.8, 4) is 0 Å². The molecular weight excluding hydrogens is 219 g/mol. The quantitative estimate of drug-likeness (QED) is 0.768. The van der Waals surface area contributed by atoms with E-state index in [1.54, 1.807) is 6.07 Å². The zero-order valence-electron chi connectivity index (χ0n) is 10.5. The van der Waals surface area contributed by atoms with E-state index in [1.165, 1.54) is 12.3 Å². The van der Waals surface area contributed by atoms with Gasteiger partial charge in [0.15, 0.2) is 0 Å². The third-order valence-electron chi connectivity index (χ3n) is 3.02. The minimum Gasteiger partial charge on any atom is -0.396 e. The van der Waals surface area contributed by atoms with Crippen molar-refractivity contribution in [3.05, 3.63) is 29.8 Å². The fourth-order valence-corrected chi connectivity index (χ4v) is 1.72. The first kappa shape index (κ1) is 14.1. The van der Waals surface area contributed by atoms with Crippen LogP contribution in [0.1, 0.15) is 38.4 Å². The van der Waals surface area contributed by atoms with Crippen LogP contribution < -0.4 is 5.32 Å². The second-order valence-corrected chi connectivity index (χ2v) is 4.32. The molecule has 0 radical (unpaired) electrons. The van der Waals surface area contributed by atoms with Gasteiger partial charge in [0.1, 0.15) is 5.82 Å². The van der Waals surface area contributed by atoms with Crippen molar-refractivity contribution >= 4 is 0 Å². The highest BCUT2D eigenvalue weighted by atomic mass is 19.1. The van der Waals surface area contributed by atoms with Crippen LogP contribution in [-0.2, 0) is 0 Å². The van der Waals surface area contributed by atoms with Gasteiger partial charge in [-0.3, -0.25) is 4.98 Å². The summed E-state index contributed by atoms with van der Waals surface area (Å²) in [5.74, 6) is 0.163. The Bertz CT molecular complexity index is 316. The van der Waals surface area contributed by atoms with Gasteiger partial charge in [0, 0.05) is 12.6 Å². The summed E-state index contributed by atoms with van der Waals surface area (Å²) in [5.41, 5.74) is 0.838. The molecule has 2 atom stereocenters. The van der Waals surface area contributed by atoms with Gasteiger partial charge < -0.3 is 10.4 Å². The number of aromatic nitrogens is 1. The SMILES string of the molecule is CCC(CCO)CNC(C)c1ccc(F)cn1. The van der Waals surface area contributed by atoms with E-state index in [4.69, 9.17) is 5.11 Å². The molecular formula is C13H21FN2O. The van der Waals surface area contributed by atoms with Crippen molar-refractivity contribution in [3.63, 3.8) is 0 Å². The maximum atomic E-state index is 12.7. The van der Waals surface area contributed by atoms with E-state index < -0.39 is 0 Å². The van der Waals surface area contributed by atoms with Gasteiger partial charge in [-0.25, -0.2) is 4.39 Å². The molecule has 2 N–H and O–H groups in total. The van der Waals surface area contributed by atoms with Gasteiger partial charge in [0.25, 0.3) is 0 Å². The first-order chi connectivity index (χ1) is 8.17. The van der Waals surface area contributed by atoms with Crippen molar-refractivity contribution in [1.82, 2.24) is 10.3 Å². The van der Waals surface area contributed by atoms with Crippen LogP contribution in [0.5, 0.6) is 0 Å². The van der Waals surface area contributed by atoms with Crippen LogP contribution in [0.25, 0.3) is 0 Å². The smallest absolute Gasteiger partial charge is 0.141 e. The molecule has 2 unspecified atom stereocenters. The topological polar surface area (TPSA) is 45.1 Å². The molecule has 0 amide bonds. The maximum Gasteiger partial charge on any atom is 0.141 e. The van der Waals surface area contributed by atoms with Crippen molar-refractivity contribution in [2.24, 2.45) is 5.92 Å². The van der Waals surface area contributed by atoms with Gasteiger partial charge >= 0.3 is 0 Å². The molecule has 96 valence electrons. The van der Waals surface area contributed by atoms with Crippen molar-refractivity contribution < 1.29 is 9.50 Å². The van der Waals surface area contributed by atoms with Crippen molar-refractivity contribution in [2.45, 2.75) is 32.7 Å². The minimum atomic E-state index is -0.312. The number of rotatable bonds is 7. The van der Waals surface area contributed by atoms with Crippen LogP contribution in [0.15, 0.2) is 18.3 Å². The number of aliphatic hydroxyl groups excluding tert-OH is 1. The largest absolute Gasteiger partial charge is 0.396 e.